The summed E-state index contributed by atoms with van der Waals surface area (Å²) in [6, 6.07) is 32.8. The number of piperazine rings is 1. The molecule has 1 saturated heterocycles. The Morgan fingerprint density at radius 2 is 1.47 bits per heavy atom. The molecule has 4 aromatic rings. The van der Waals surface area contributed by atoms with Crippen LogP contribution in [0.2, 0.25) is 0 Å². The fourth-order valence-electron chi connectivity index (χ4n) is 6.17. The molecule has 0 aliphatic carbocycles. The fourth-order valence-corrected chi connectivity index (χ4v) is 6.17. The van der Waals surface area contributed by atoms with Crippen molar-refractivity contribution in [3.8, 4) is 0 Å². The first kappa shape index (κ1) is 30.1. The third-order valence-corrected chi connectivity index (χ3v) is 8.53. The molecule has 45 heavy (non-hydrogen) atoms. The van der Waals surface area contributed by atoms with Crippen molar-refractivity contribution in [2.24, 2.45) is 4.99 Å². The van der Waals surface area contributed by atoms with E-state index in [1.54, 1.807) is 0 Å². The minimum absolute atomic E-state index is 0.0160. The molecule has 2 aliphatic rings. The number of hydrogen-bond acceptors (Lipinski definition) is 5. The highest BCUT2D eigenvalue weighted by atomic mass is 16.2. The van der Waals surface area contributed by atoms with Crippen molar-refractivity contribution in [3.63, 3.8) is 0 Å². The number of anilines is 1. The van der Waals surface area contributed by atoms with Crippen molar-refractivity contribution >= 4 is 23.5 Å². The molecule has 0 bridgehead atoms. The minimum Gasteiger partial charge on any atom is -0.354 e. The zero-order valence-corrected chi connectivity index (χ0v) is 25.8. The number of amides is 2. The Labute approximate surface area is 264 Å². The topological polar surface area (TPSA) is 105 Å². The molecule has 232 valence electrons. The third kappa shape index (κ3) is 6.94. The van der Waals surface area contributed by atoms with E-state index in [0.29, 0.717) is 37.7 Å². The quantitative estimate of drug-likeness (QED) is 0.204. The van der Waals surface area contributed by atoms with Gasteiger partial charge >= 0.3 is 0 Å². The van der Waals surface area contributed by atoms with Crippen LogP contribution in [0.5, 0.6) is 0 Å². The molecule has 2 amide bonds. The van der Waals surface area contributed by atoms with Crippen LogP contribution in [-0.4, -0.2) is 78.2 Å². The number of rotatable bonds is 10. The lowest BCUT2D eigenvalue weighted by molar-refractivity contribution is -0.118. The van der Waals surface area contributed by atoms with Gasteiger partial charge in [-0.25, -0.2) is 0 Å². The highest BCUT2D eigenvalue weighted by molar-refractivity contribution is 6.08. The number of aryl methyl sites for hydroxylation is 1. The van der Waals surface area contributed by atoms with Crippen molar-refractivity contribution in [1.29, 1.82) is 0 Å². The fraction of sp³-hybridized carbons (Fsp3) is 0.306. The van der Waals surface area contributed by atoms with Crippen molar-refractivity contribution in [3.05, 3.63) is 125 Å². The molecule has 0 atom stereocenters. The molecule has 0 spiro atoms. The second kappa shape index (κ2) is 13.8. The van der Waals surface area contributed by atoms with Crippen LogP contribution in [0, 0.1) is 0 Å². The number of aromatic amines is 1. The molecule has 3 aromatic carbocycles. The van der Waals surface area contributed by atoms with Crippen molar-refractivity contribution in [1.82, 2.24) is 25.4 Å². The second-order valence-electron chi connectivity index (χ2n) is 11.6. The van der Waals surface area contributed by atoms with Gasteiger partial charge in [0.05, 0.1) is 12.1 Å². The molecule has 1 fully saturated rings. The highest BCUT2D eigenvalue weighted by Crippen LogP contribution is 2.37. The van der Waals surface area contributed by atoms with E-state index in [2.05, 4.69) is 80.4 Å². The number of aromatic nitrogens is 1. The van der Waals surface area contributed by atoms with Gasteiger partial charge in [0, 0.05) is 50.8 Å². The summed E-state index contributed by atoms with van der Waals surface area (Å²) in [6.07, 6.45) is 2.17. The van der Waals surface area contributed by atoms with E-state index in [1.165, 1.54) is 12.5 Å². The number of carbonyl (C=O) groups is 2. The van der Waals surface area contributed by atoms with E-state index < -0.39 is 5.66 Å². The van der Waals surface area contributed by atoms with Gasteiger partial charge < -0.3 is 25.8 Å². The average Bonchev–Trinajstić information content (AvgIpc) is 3.52. The second-order valence-corrected chi connectivity index (χ2v) is 11.6. The molecule has 0 saturated carbocycles. The SMILES string of the molecule is CC(=O)NCCN=C1NC(c2ccccc2)(c2ccccc2)Nc2[nH]c(C(=O)N3CCN(CCCc4ccccc4)CC3)cc21. The van der Waals surface area contributed by atoms with Crippen LogP contribution in [0.4, 0.5) is 5.82 Å². The molecule has 4 N–H and O–H groups in total. The lowest BCUT2D eigenvalue weighted by Crippen LogP contribution is -2.56. The summed E-state index contributed by atoms with van der Waals surface area (Å²) in [5.41, 5.74) is 3.86. The van der Waals surface area contributed by atoms with Crippen LogP contribution < -0.4 is 16.0 Å². The smallest absolute Gasteiger partial charge is 0.270 e. The monoisotopic (exact) mass is 603 g/mol. The summed E-state index contributed by atoms with van der Waals surface area (Å²) in [5.74, 6) is 1.27. The minimum atomic E-state index is -0.834. The molecule has 9 nitrogen and oxygen atoms in total. The Bertz CT molecular complexity index is 1570. The summed E-state index contributed by atoms with van der Waals surface area (Å²) in [7, 11) is 0. The number of aliphatic imine (C=N–C) groups is 1. The predicted molar refractivity (Wildman–Crippen MR) is 178 cm³/mol. The summed E-state index contributed by atoms with van der Waals surface area (Å²) >= 11 is 0. The number of amidine groups is 1. The lowest BCUT2D eigenvalue weighted by atomic mass is 9.88. The Kier molecular flexibility index (Phi) is 9.26. The zero-order valence-electron chi connectivity index (χ0n) is 25.8. The molecule has 6 rings (SSSR count). The van der Waals surface area contributed by atoms with Gasteiger partial charge in [-0.2, -0.15) is 0 Å². The molecule has 3 heterocycles. The zero-order chi connectivity index (χ0) is 31.1. The van der Waals surface area contributed by atoms with E-state index >= 15 is 0 Å². The van der Waals surface area contributed by atoms with Gasteiger partial charge in [0.2, 0.25) is 5.91 Å². The molecule has 2 aliphatic heterocycles. The van der Waals surface area contributed by atoms with Crippen LogP contribution in [0.1, 0.15) is 46.1 Å². The molecule has 1 aromatic heterocycles. The van der Waals surface area contributed by atoms with Gasteiger partial charge in [0.1, 0.15) is 17.3 Å². The van der Waals surface area contributed by atoms with Gasteiger partial charge in [-0.1, -0.05) is 91.0 Å². The first-order chi connectivity index (χ1) is 22.0. The Hall–Kier alpha value is -4.89. The van der Waals surface area contributed by atoms with Gasteiger partial charge in [-0.15, -0.1) is 0 Å². The maximum atomic E-state index is 13.8. The first-order valence-corrected chi connectivity index (χ1v) is 15.8. The Morgan fingerprint density at radius 3 is 2.09 bits per heavy atom. The number of carbonyl (C=O) groups excluding carboxylic acids is 2. The van der Waals surface area contributed by atoms with E-state index in [4.69, 9.17) is 4.99 Å². The van der Waals surface area contributed by atoms with Crippen LogP contribution in [0.25, 0.3) is 0 Å². The summed E-state index contributed by atoms with van der Waals surface area (Å²) in [5, 5.41) is 10.2. The molecule has 9 heteroatoms. The largest absolute Gasteiger partial charge is 0.354 e. The number of H-pyrrole nitrogens is 1. The van der Waals surface area contributed by atoms with Crippen molar-refractivity contribution in [2.75, 3.05) is 51.1 Å². The molecular weight excluding hydrogens is 562 g/mol. The number of benzene rings is 3. The van der Waals surface area contributed by atoms with Gasteiger partial charge in [0.25, 0.3) is 5.91 Å². The number of nitrogens with zero attached hydrogens (tertiary/aromatic N) is 3. The Balaban J connectivity index is 1.21. The molecule has 0 unspecified atom stereocenters. The van der Waals surface area contributed by atoms with E-state index in [9.17, 15) is 9.59 Å². The molecular formula is C36H41N7O2. The first-order valence-electron chi connectivity index (χ1n) is 15.8. The summed E-state index contributed by atoms with van der Waals surface area (Å²) in [4.78, 5) is 38.0. The summed E-state index contributed by atoms with van der Waals surface area (Å²) < 4.78 is 0. The van der Waals surface area contributed by atoms with Gasteiger partial charge in [-0.3, -0.25) is 19.5 Å². The van der Waals surface area contributed by atoms with Crippen LogP contribution in [-0.2, 0) is 16.9 Å². The Morgan fingerprint density at radius 1 is 0.844 bits per heavy atom. The van der Waals surface area contributed by atoms with Gasteiger partial charge in [0.15, 0.2) is 5.66 Å². The van der Waals surface area contributed by atoms with Crippen molar-refractivity contribution in [2.45, 2.75) is 25.4 Å². The number of fused-ring (bicyclic) bond motifs is 1. The normalized spacial score (nSPS) is 16.8. The van der Waals surface area contributed by atoms with Crippen LogP contribution in [0.15, 0.2) is 102 Å². The summed E-state index contributed by atoms with van der Waals surface area (Å²) in [6.45, 7) is 6.44. The average molecular weight is 604 g/mol. The van der Waals surface area contributed by atoms with E-state index in [1.807, 2.05) is 47.4 Å². The third-order valence-electron chi connectivity index (χ3n) is 8.53. The highest BCUT2D eigenvalue weighted by Gasteiger charge is 2.41. The van der Waals surface area contributed by atoms with Crippen molar-refractivity contribution < 1.29 is 9.59 Å². The standard InChI is InChI=1S/C36H41N7O2/c1-27(44)37-19-20-38-33-31-26-32(35(45)43-24-22-42(23-25-43)21-11-14-28-12-5-2-6-13-28)39-34(31)41-36(40-33,29-15-7-3-8-16-29)30-17-9-4-10-18-30/h2-10,12-13,15-18,26,39,41H,11,14,19-25H2,1H3,(H,37,44)(H,38,40). The van der Waals surface area contributed by atoms with Crippen LogP contribution in [0.3, 0.4) is 0 Å². The van der Waals surface area contributed by atoms with Gasteiger partial charge in [-0.05, 0) is 31.0 Å². The van der Waals surface area contributed by atoms with Crippen LogP contribution >= 0.6 is 0 Å². The van der Waals surface area contributed by atoms with E-state index in [-0.39, 0.29) is 11.8 Å². The maximum absolute atomic E-state index is 13.8. The lowest BCUT2D eigenvalue weighted by Gasteiger charge is -2.41. The molecule has 0 radical (unpaired) electrons. The predicted octanol–water partition coefficient (Wildman–Crippen LogP) is 4.20. The maximum Gasteiger partial charge on any atom is 0.270 e. The number of hydrogen-bond donors (Lipinski definition) is 4. The van der Waals surface area contributed by atoms with E-state index in [0.717, 1.165) is 55.0 Å². The number of nitrogens with one attached hydrogen (secondary N) is 4.